The van der Waals surface area contributed by atoms with Crippen molar-refractivity contribution in [2.45, 2.75) is 19.4 Å². The zero-order valence-corrected chi connectivity index (χ0v) is 14.8. The Morgan fingerprint density at radius 1 is 1.12 bits per heavy atom. The lowest BCUT2D eigenvalue weighted by atomic mass is 9.99. The fourth-order valence-corrected chi connectivity index (χ4v) is 3.23. The van der Waals surface area contributed by atoms with Crippen LogP contribution in [0.2, 0.25) is 5.02 Å². The molecule has 0 aromatic heterocycles. The van der Waals surface area contributed by atoms with Crippen LogP contribution >= 0.6 is 11.6 Å². The second-order valence-corrected chi connectivity index (χ2v) is 6.85. The number of amides is 1. The van der Waals surface area contributed by atoms with Crippen LogP contribution in [0.1, 0.15) is 17.5 Å². The van der Waals surface area contributed by atoms with Crippen molar-refractivity contribution in [3.05, 3.63) is 64.7 Å². The average Bonchev–Trinajstić information content (AvgIpc) is 3.10. The Bertz CT molecular complexity index is 700. The number of benzene rings is 2. The number of carbonyl (C=O) groups is 1. The summed E-state index contributed by atoms with van der Waals surface area (Å²) in [5, 5.41) is 9.77. The maximum absolute atomic E-state index is 12.3. The summed E-state index contributed by atoms with van der Waals surface area (Å²) in [5.74, 6) is 1.14. The molecule has 0 spiro atoms. The van der Waals surface area contributed by atoms with Gasteiger partial charge in [0.05, 0.1) is 6.61 Å². The van der Waals surface area contributed by atoms with Crippen LogP contribution in [0.25, 0.3) is 0 Å². The summed E-state index contributed by atoms with van der Waals surface area (Å²) in [5.41, 5.74) is 2.08. The van der Waals surface area contributed by atoms with Crippen molar-refractivity contribution < 1.29 is 14.6 Å². The van der Waals surface area contributed by atoms with Gasteiger partial charge in [-0.25, -0.2) is 0 Å². The van der Waals surface area contributed by atoms with E-state index in [9.17, 15) is 4.79 Å². The molecule has 5 heteroatoms. The Balaban J connectivity index is 1.46. The number of hydrogen-bond donors (Lipinski definition) is 1. The van der Waals surface area contributed by atoms with Gasteiger partial charge in [-0.05, 0) is 54.2 Å². The molecule has 1 fully saturated rings. The number of aliphatic hydroxyl groups is 1. The molecule has 0 aliphatic carbocycles. The highest BCUT2D eigenvalue weighted by atomic mass is 35.5. The van der Waals surface area contributed by atoms with Gasteiger partial charge in [-0.1, -0.05) is 35.9 Å². The minimum absolute atomic E-state index is 0.00198. The zero-order valence-electron chi connectivity index (χ0n) is 14.0. The topological polar surface area (TPSA) is 49.8 Å². The SMILES string of the molecule is O=C(COc1ccc(CO)cc1)N1CCC(Cc2ccc(Cl)cc2)C1. The fraction of sp³-hybridized carbons (Fsp3) is 0.350. The maximum Gasteiger partial charge on any atom is 0.260 e. The van der Waals surface area contributed by atoms with E-state index < -0.39 is 0 Å². The third-order valence-corrected chi connectivity index (χ3v) is 4.80. The second-order valence-electron chi connectivity index (χ2n) is 6.42. The summed E-state index contributed by atoms with van der Waals surface area (Å²) in [4.78, 5) is 14.2. The molecule has 0 radical (unpaired) electrons. The molecule has 0 saturated carbocycles. The van der Waals surface area contributed by atoms with Gasteiger partial charge < -0.3 is 14.7 Å². The summed E-state index contributed by atoms with van der Waals surface area (Å²) in [6, 6.07) is 15.0. The van der Waals surface area contributed by atoms with Gasteiger partial charge in [0, 0.05) is 18.1 Å². The molecule has 1 aliphatic rings. The van der Waals surface area contributed by atoms with Gasteiger partial charge in [0.1, 0.15) is 5.75 Å². The van der Waals surface area contributed by atoms with E-state index in [-0.39, 0.29) is 19.1 Å². The van der Waals surface area contributed by atoms with E-state index in [1.165, 1.54) is 5.56 Å². The molecule has 1 unspecified atom stereocenters. The predicted octanol–water partition coefficient (Wildman–Crippen LogP) is 3.30. The Morgan fingerprint density at radius 2 is 1.80 bits per heavy atom. The van der Waals surface area contributed by atoms with Crippen LogP contribution in [-0.4, -0.2) is 35.6 Å². The minimum Gasteiger partial charge on any atom is -0.484 e. The van der Waals surface area contributed by atoms with E-state index in [2.05, 4.69) is 0 Å². The highest BCUT2D eigenvalue weighted by molar-refractivity contribution is 6.30. The number of halogens is 1. The van der Waals surface area contributed by atoms with Crippen molar-refractivity contribution in [2.24, 2.45) is 5.92 Å². The van der Waals surface area contributed by atoms with Gasteiger partial charge in [-0.2, -0.15) is 0 Å². The summed E-state index contributed by atoms with van der Waals surface area (Å²) in [7, 11) is 0. The quantitative estimate of drug-likeness (QED) is 0.860. The summed E-state index contributed by atoms with van der Waals surface area (Å²) < 4.78 is 5.56. The molecule has 25 heavy (non-hydrogen) atoms. The molecular formula is C20H22ClNO3. The summed E-state index contributed by atoms with van der Waals surface area (Å²) >= 11 is 5.92. The Kier molecular flexibility index (Phi) is 5.95. The largest absolute Gasteiger partial charge is 0.484 e. The molecular weight excluding hydrogens is 338 g/mol. The van der Waals surface area contributed by atoms with Crippen LogP contribution in [-0.2, 0) is 17.8 Å². The number of nitrogens with zero attached hydrogens (tertiary/aromatic N) is 1. The van der Waals surface area contributed by atoms with Gasteiger partial charge >= 0.3 is 0 Å². The van der Waals surface area contributed by atoms with Crippen LogP contribution in [0.4, 0.5) is 0 Å². The van der Waals surface area contributed by atoms with Crippen LogP contribution in [0, 0.1) is 5.92 Å². The molecule has 3 rings (SSSR count). The van der Waals surface area contributed by atoms with E-state index in [0.29, 0.717) is 11.7 Å². The van der Waals surface area contributed by atoms with Crippen LogP contribution < -0.4 is 4.74 Å². The first kappa shape index (κ1) is 17.8. The van der Waals surface area contributed by atoms with Crippen molar-refractivity contribution in [2.75, 3.05) is 19.7 Å². The third-order valence-electron chi connectivity index (χ3n) is 4.54. The molecule has 1 aliphatic heterocycles. The Hall–Kier alpha value is -2.04. The van der Waals surface area contributed by atoms with Gasteiger partial charge in [0.25, 0.3) is 5.91 Å². The third kappa shape index (κ3) is 4.97. The molecule has 1 atom stereocenters. The number of aliphatic hydroxyl groups excluding tert-OH is 1. The van der Waals surface area contributed by atoms with E-state index >= 15 is 0 Å². The Morgan fingerprint density at radius 3 is 2.48 bits per heavy atom. The number of carbonyl (C=O) groups excluding carboxylic acids is 1. The first-order valence-corrected chi connectivity index (χ1v) is 8.86. The predicted molar refractivity (Wildman–Crippen MR) is 97.7 cm³/mol. The molecule has 2 aromatic rings. The number of likely N-dealkylation sites (tertiary alicyclic amines) is 1. The second kappa shape index (κ2) is 8.37. The minimum atomic E-state index is 0.00198. The van der Waals surface area contributed by atoms with Crippen LogP contribution in [0.3, 0.4) is 0 Å². The lowest BCUT2D eigenvalue weighted by Gasteiger charge is -2.17. The van der Waals surface area contributed by atoms with Crippen molar-refractivity contribution in [1.82, 2.24) is 4.90 Å². The van der Waals surface area contributed by atoms with E-state index in [0.717, 1.165) is 36.5 Å². The summed E-state index contributed by atoms with van der Waals surface area (Å²) in [6.45, 7) is 1.60. The molecule has 1 N–H and O–H groups in total. The molecule has 1 saturated heterocycles. The molecule has 132 valence electrons. The monoisotopic (exact) mass is 359 g/mol. The number of ether oxygens (including phenoxy) is 1. The highest BCUT2D eigenvalue weighted by Gasteiger charge is 2.26. The fourth-order valence-electron chi connectivity index (χ4n) is 3.11. The van der Waals surface area contributed by atoms with Gasteiger partial charge in [0.15, 0.2) is 6.61 Å². The number of hydrogen-bond acceptors (Lipinski definition) is 3. The van der Waals surface area contributed by atoms with E-state index in [1.807, 2.05) is 29.2 Å². The van der Waals surface area contributed by atoms with Crippen LogP contribution in [0.15, 0.2) is 48.5 Å². The maximum atomic E-state index is 12.3. The van der Waals surface area contributed by atoms with Crippen molar-refractivity contribution in [1.29, 1.82) is 0 Å². The molecule has 2 aromatic carbocycles. The van der Waals surface area contributed by atoms with Crippen LogP contribution in [0.5, 0.6) is 5.75 Å². The standard InChI is InChI=1S/C20H22ClNO3/c21-18-5-1-15(2-6-18)11-17-9-10-22(12-17)20(24)14-25-19-7-3-16(13-23)4-8-19/h1-8,17,23H,9-14H2. The molecule has 4 nitrogen and oxygen atoms in total. The van der Waals surface area contributed by atoms with Crippen molar-refractivity contribution in [3.8, 4) is 5.75 Å². The molecule has 1 amide bonds. The molecule has 1 heterocycles. The van der Waals surface area contributed by atoms with Gasteiger partial charge in [0.2, 0.25) is 0 Å². The highest BCUT2D eigenvalue weighted by Crippen LogP contribution is 2.22. The molecule has 0 bridgehead atoms. The number of rotatable bonds is 6. The van der Waals surface area contributed by atoms with Gasteiger partial charge in [-0.15, -0.1) is 0 Å². The Labute approximate surface area is 153 Å². The zero-order chi connectivity index (χ0) is 17.6. The normalized spacial score (nSPS) is 16.9. The summed E-state index contributed by atoms with van der Waals surface area (Å²) in [6.07, 6.45) is 1.98. The van der Waals surface area contributed by atoms with E-state index in [4.69, 9.17) is 21.4 Å². The van der Waals surface area contributed by atoms with Gasteiger partial charge in [-0.3, -0.25) is 4.79 Å². The lowest BCUT2D eigenvalue weighted by Crippen LogP contribution is -2.33. The van der Waals surface area contributed by atoms with E-state index in [1.54, 1.807) is 24.3 Å². The average molecular weight is 360 g/mol. The smallest absolute Gasteiger partial charge is 0.260 e. The first-order chi connectivity index (χ1) is 12.1. The first-order valence-electron chi connectivity index (χ1n) is 8.49. The lowest BCUT2D eigenvalue weighted by molar-refractivity contribution is -0.132. The van der Waals surface area contributed by atoms with Crippen molar-refractivity contribution >= 4 is 17.5 Å². The van der Waals surface area contributed by atoms with Crippen molar-refractivity contribution in [3.63, 3.8) is 0 Å².